The second-order valence-corrected chi connectivity index (χ2v) is 6.46. The minimum Gasteiger partial charge on any atom is -0.313 e. The van der Waals surface area contributed by atoms with Crippen LogP contribution in [0.3, 0.4) is 0 Å². The Bertz CT molecular complexity index is 347. The number of rotatable bonds is 8. The molecule has 0 aliphatic carbocycles. The van der Waals surface area contributed by atoms with Crippen molar-refractivity contribution in [3.8, 4) is 0 Å². The molecule has 0 heterocycles. The van der Waals surface area contributed by atoms with Crippen LogP contribution in [-0.2, 0) is 6.54 Å². The Balaban J connectivity index is 2.58. The molecule has 0 aliphatic rings. The maximum atomic E-state index is 3.50. The summed E-state index contributed by atoms with van der Waals surface area (Å²) in [6, 6.07) is 6.82. The van der Waals surface area contributed by atoms with Crippen molar-refractivity contribution in [1.29, 1.82) is 0 Å². The number of benzene rings is 1. The van der Waals surface area contributed by atoms with Gasteiger partial charge in [-0.15, -0.1) is 11.8 Å². The summed E-state index contributed by atoms with van der Waals surface area (Å²) in [5.74, 6) is 2.02. The van der Waals surface area contributed by atoms with Crippen molar-refractivity contribution in [3.63, 3.8) is 0 Å². The van der Waals surface area contributed by atoms with Crippen LogP contribution in [0.2, 0.25) is 0 Å². The first-order chi connectivity index (χ1) is 8.63. The number of thioether (sulfide) groups is 1. The largest absolute Gasteiger partial charge is 0.313 e. The van der Waals surface area contributed by atoms with E-state index in [0.717, 1.165) is 19.0 Å². The van der Waals surface area contributed by atoms with Crippen LogP contribution in [0.15, 0.2) is 23.1 Å². The maximum Gasteiger partial charge on any atom is 0.0216 e. The van der Waals surface area contributed by atoms with Crippen molar-refractivity contribution in [2.45, 2.75) is 52.0 Å². The Labute approximate surface area is 117 Å². The van der Waals surface area contributed by atoms with Gasteiger partial charge in [-0.2, -0.15) is 0 Å². The smallest absolute Gasteiger partial charge is 0.0216 e. The predicted octanol–water partition coefficient (Wildman–Crippen LogP) is 4.63. The number of nitrogens with one attached hydrogen (secondary N) is 1. The Kier molecular flexibility index (Phi) is 7.45. The molecule has 0 aromatic heterocycles. The highest BCUT2D eigenvalue weighted by Gasteiger charge is 2.04. The van der Waals surface area contributed by atoms with E-state index < -0.39 is 0 Å². The van der Waals surface area contributed by atoms with E-state index in [2.05, 4.69) is 51.2 Å². The average Bonchev–Trinajstić information content (AvgIpc) is 2.32. The molecule has 1 aromatic carbocycles. The maximum absolute atomic E-state index is 3.50. The van der Waals surface area contributed by atoms with Crippen LogP contribution in [0.25, 0.3) is 0 Å². The molecule has 1 rings (SSSR count). The zero-order chi connectivity index (χ0) is 13.4. The van der Waals surface area contributed by atoms with Crippen LogP contribution >= 0.6 is 11.8 Å². The van der Waals surface area contributed by atoms with Gasteiger partial charge in [0.15, 0.2) is 0 Å². The second kappa shape index (κ2) is 8.60. The zero-order valence-electron chi connectivity index (χ0n) is 12.3. The summed E-state index contributed by atoms with van der Waals surface area (Å²) < 4.78 is 0. The number of hydrogen-bond donors (Lipinski definition) is 1. The van der Waals surface area contributed by atoms with E-state index in [9.17, 15) is 0 Å². The van der Waals surface area contributed by atoms with Gasteiger partial charge in [0.05, 0.1) is 0 Å². The molecule has 0 amide bonds. The van der Waals surface area contributed by atoms with Crippen LogP contribution in [0.1, 0.15) is 44.7 Å². The standard InChI is InChI=1S/C16H27NS/c1-5-9-17-12-15-11-14(4)6-7-16(15)18-10-8-13(2)3/h6-7,11,13,17H,5,8-10,12H2,1-4H3. The molecule has 1 N–H and O–H groups in total. The van der Waals surface area contributed by atoms with Crippen molar-refractivity contribution in [2.75, 3.05) is 12.3 Å². The summed E-state index contributed by atoms with van der Waals surface area (Å²) in [5, 5.41) is 3.50. The molecule has 1 nitrogen and oxygen atoms in total. The van der Waals surface area contributed by atoms with Gasteiger partial charge in [-0.1, -0.05) is 38.5 Å². The van der Waals surface area contributed by atoms with E-state index in [0.29, 0.717) is 0 Å². The zero-order valence-corrected chi connectivity index (χ0v) is 13.1. The molecule has 2 heteroatoms. The fourth-order valence-corrected chi connectivity index (χ4v) is 3.08. The highest BCUT2D eigenvalue weighted by molar-refractivity contribution is 7.99. The lowest BCUT2D eigenvalue weighted by atomic mass is 10.1. The molecule has 0 aliphatic heterocycles. The van der Waals surface area contributed by atoms with E-state index in [4.69, 9.17) is 0 Å². The highest BCUT2D eigenvalue weighted by Crippen LogP contribution is 2.25. The summed E-state index contributed by atoms with van der Waals surface area (Å²) in [6.45, 7) is 11.1. The molecule has 0 bridgehead atoms. The topological polar surface area (TPSA) is 12.0 Å². The van der Waals surface area contributed by atoms with Crippen molar-refractivity contribution < 1.29 is 0 Å². The molecule has 18 heavy (non-hydrogen) atoms. The lowest BCUT2D eigenvalue weighted by molar-refractivity contribution is 0.631. The van der Waals surface area contributed by atoms with Crippen LogP contribution < -0.4 is 5.32 Å². The molecular formula is C16H27NS. The first-order valence-corrected chi connectivity index (χ1v) is 8.05. The third kappa shape index (κ3) is 5.92. The van der Waals surface area contributed by atoms with Crippen LogP contribution in [0.5, 0.6) is 0 Å². The molecule has 0 fully saturated rings. The van der Waals surface area contributed by atoms with E-state index in [1.165, 1.54) is 34.6 Å². The van der Waals surface area contributed by atoms with Crippen LogP contribution in [0.4, 0.5) is 0 Å². The summed E-state index contributed by atoms with van der Waals surface area (Å²) in [6.07, 6.45) is 2.49. The first kappa shape index (κ1) is 15.6. The van der Waals surface area contributed by atoms with Gasteiger partial charge in [-0.05, 0) is 49.6 Å². The van der Waals surface area contributed by atoms with E-state index >= 15 is 0 Å². The fourth-order valence-electron chi connectivity index (χ4n) is 1.79. The Hall–Kier alpha value is -0.470. The van der Waals surface area contributed by atoms with E-state index in [-0.39, 0.29) is 0 Å². The predicted molar refractivity (Wildman–Crippen MR) is 83.4 cm³/mol. The van der Waals surface area contributed by atoms with Gasteiger partial charge in [-0.3, -0.25) is 0 Å². The van der Waals surface area contributed by atoms with Crippen molar-refractivity contribution >= 4 is 11.8 Å². The van der Waals surface area contributed by atoms with E-state index in [1.807, 2.05) is 11.8 Å². The molecule has 1 aromatic rings. The lowest BCUT2D eigenvalue weighted by Crippen LogP contribution is -2.14. The van der Waals surface area contributed by atoms with Crippen LogP contribution in [-0.4, -0.2) is 12.3 Å². The van der Waals surface area contributed by atoms with Gasteiger partial charge in [0.2, 0.25) is 0 Å². The monoisotopic (exact) mass is 265 g/mol. The number of aryl methyl sites for hydroxylation is 1. The summed E-state index contributed by atoms with van der Waals surface area (Å²) >= 11 is 2.00. The summed E-state index contributed by atoms with van der Waals surface area (Å²) in [7, 11) is 0. The Morgan fingerprint density at radius 3 is 2.72 bits per heavy atom. The highest BCUT2D eigenvalue weighted by atomic mass is 32.2. The fraction of sp³-hybridized carbons (Fsp3) is 0.625. The summed E-state index contributed by atoms with van der Waals surface area (Å²) in [4.78, 5) is 1.45. The van der Waals surface area contributed by atoms with Gasteiger partial charge >= 0.3 is 0 Å². The van der Waals surface area contributed by atoms with Crippen molar-refractivity contribution in [2.24, 2.45) is 5.92 Å². The average molecular weight is 265 g/mol. The van der Waals surface area contributed by atoms with Gasteiger partial charge in [0.25, 0.3) is 0 Å². The Morgan fingerprint density at radius 1 is 1.28 bits per heavy atom. The second-order valence-electron chi connectivity index (χ2n) is 5.32. The van der Waals surface area contributed by atoms with Crippen LogP contribution in [0, 0.1) is 12.8 Å². The minimum absolute atomic E-state index is 0.796. The Morgan fingerprint density at radius 2 is 2.06 bits per heavy atom. The van der Waals surface area contributed by atoms with Crippen molar-refractivity contribution in [3.05, 3.63) is 29.3 Å². The summed E-state index contributed by atoms with van der Waals surface area (Å²) in [5.41, 5.74) is 2.81. The molecule has 0 saturated heterocycles. The normalized spacial score (nSPS) is 11.2. The van der Waals surface area contributed by atoms with Gasteiger partial charge in [-0.25, -0.2) is 0 Å². The first-order valence-electron chi connectivity index (χ1n) is 7.06. The van der Waals surface area contributed by atoms with Crippen molar-refractivity contribution in [1.82, 2.24) is 5.32 Å². The SMILES string of the molecule is CCCNCc1cc(C)ccc1SCCC(C)C. The minimum atomic E-state index is 0.796. The third-order valence-electron chi connectivity index (χ3n) is 2.91. The van der Waals surface area contributed by atoms with Gasteiger partial charge < -0.3 is 5.32 Å². The molecule has 0 spiro atoms. The molecular weight excluding hydrogens is 238 g/mol. The molecule has 102 valence electrons. The molecule has 0 saturated carbocycles. The molecule has 0 radical (unpaired) electrons. The molecule has 0 atom stereocenters. The van der Waals surface area contributed by atoms with E-state index in [1.54, 1.807) is 0 Å². The third-order valence-corrected chi connectivity index (χ3v) is 4.06. The number of hydrogen-bond acceptors (Lipinski definition) is 2. The van der Waals surface area contributed by atoms with Gasteiger partial charge in [0.1, 0.15) is 0 Å². The lowest BCUT2D eigenvalue weighted by Gasteiger charge is -2.12. The molecule has 0 unspecified atom stereocenters. The quantitative estimate of drug-likeness (QED) is 0.543. The van der Waals surface area contributed by atoms with Gasteiger partial charge in [0, 0.05) is 11.4 Å².